The summed E-state index contributed by atoms with van der Waals surface area (Å²) in [5.74, 6) is 0.554. The molecule has 2 aromatic rings. The maximum Gasteiger partial charge on any atom is 0.320 e. The van der Waals surface area contributed by atoms with Crippen molar-refractivity contribution < 1.29 is 21.8 Å². The Kier molecular flexibility index (Phi) is 4.67. The topological polar surface area (TPSA) is 36.7 Å². The van der Waals surface area contributed by atoms with Crippen LogP contribution in [0.2, 0.25) is 0 Å². The van der Waals surface area contributed by atoms with E-state index in [2.05, 4.69) is 11.6 Å². The van der Waals surface area contributed by atoms with Gasteiger partial charge in [-0.3, -0.25) is 4.79 Å². The molecule has 0 fully saturated rings. The molecular formula is C13H13ClN2O. The van der Waals surface area contributed by atoms with E-state index in [-0.39, 0.29) is 12.4 Å². The van der Waals surface area contributed by atoms with Crippen LogP contribution in [0.25, 0.3) is 6.08 Å². The smallest absolute Gasteiger partial charge is 0.320 e. The van der Waals surface area contributed by atoms with Crippen LogP contribution in [-0.2, 0) is 6.54 Å². The summed E-state index contributed by atoms with van der Waals surface area (Å²) in [4.78, 5) is 13.8. The molecule has 0 radical (unpaired) electrons. The van der Waals surface area contributed by atoms with Gasteiger partial charge < -0.3 is 12.4 Å². The van der Waals surface area contributed by atoms with Gasteiger partial charge in [-0.15, -0.1) is 0 Å². The number of carbonyl (C=O) groups is 1. The average Bonchev–Trinajstić information content (AvgIpc) is 2.72. The van der Waals surface area contributed by atoms with Crippen molar-refractivity contribution in [2.45, 2.75) is 6.54 Å². The van der Waals surface area contributed by atoms with Gasteiger partial charge in [-0.2, -0.15) is 0 Å². The van der Waals surface area contributed by atoms with Gasteiger partial charge in [-0.1, -0.05) is 36.9 Å². The summed E-state index contributed by atoms with van der Waals surface area (Å²) < 4.78 is 1.90. The van der Waals surface area contributed by atoms with Gasteiger partial charge in [-0.05, 0) is 11.6 Å². The van der Waals surface area contributed by atoms with Crippen LogP contribution in [0, 0.1) is 0 Å². The molecule has 0 aliphatic rings. The highest BCUT2D eigenvalue weighted by atomic mass is 35.5. The zero-order valence-electron chi connectivity index (χ0n) is 9.27. The van der Waals surface area contributed by atoms with Gasteiger partial charge >= 0.3 is 5.82 Å². The molecule has 17 heavy (non-hydrogen) atoms. The zero-order chi connectivity index (χ0) is 11.4. The Hall–Kier alpha value is -1.87. The van der Waals surface area contributed by atoms with E-state index in [0.717, 1.165) is 17.5 Å². The Morgan fingerprint density at radius 3 is 2.59 bits per heavy atom. The monoisotopic (exact) mass is 248 g/mol. The average molecular weight is 249 g/mol. The molecule has 0 atom stereocenters. The van der Waals surface area contributed by atoms with Gasteiger partial charge in [0.05, 0.1) is 0 Å². The second-order valence-corrected chi connectivity index (χ2v) is 3.49. The first-order valence-corrected chi connectivity index (χ1v) is 5.08. The van der Waals surface area contributed by atoms with Crippen LogP contribution in [0.15, 0.2) is 43.1 Å². The fraction of sp³-hybridized carbons (Fsp3) is 0.0769. The molecule has 0 spiro atoms. The third-order valence-corrected chi connectivity index (χ3v) is 2.47. The van der Waals surface area contributed by atoms with Gasteiger partial charge in [0.15, 0.2) is 5.69 Å². The van der Waals surface area contributed by atoms with E-state index in [1.54, 1.807) is 12.3 Å². The minimum Gasteiger partial charge on any atom is -1.00 e. The van der Waals surface area contributed by atoms with Crippen LogP contribution >= 0.6 is 0 Å². The van der Waals surface area contributed by atoms with Crippen molar-refractivity contribution >= 4 is 12.4 Å². The van der Waals surface area contributed by atoms with Crippen molar-refractivity contribution in [1.82, 2.24) is 4.98 Å². The first-order valence-electron chi connectivity index (χ1n) is 5.08. The predicted octanol–water partition coefficient (Wildman–Crippen LogP) is -1.19. The predicted molar refractivity (Wildman–Crippen MR) is 62.0 cm³/mol. The molecule has 4 heteroatoms. The Balaban J connectivity index is 0.00000144. The molecule has 1 N–H and O–H groups in total. The Bertz CT molecular complexity index is 480. The van der Waals surface area contributed by atoms with Crippen molar-refractivity contribution in [3.63, 3.8) is 0 Å². The number of aromatic amines is 1. The number of benzene rings is 1. The lowest BCUT2D eigenvalue weighted by Gasteiger charge is -2.00. The molecule has 1 heterocycles. The van der Waals surface area contributed by atoms with Gasteiger partial charge in [0.25, 0.3) is 0 Å². The van der Waals surface area contributed by atoms with E-state index in [1.807, 2.05) is 34.9 Å². The number of hydrogen-bond donors (Lipinski definition) is 1. The summed E-state index contributed by atoms with van der Waals surface area (Å²) in [6, 6.07) is 10.00. The maximum atomic E-state index is 10.9. The number of rotatable bonds is 4. The molecule has 0 aliphatic carbocycles. The maximum absolute atomic E-state index is 10.9. The van der Waals surface area contributed by atoms with Gasteiger partial charge in [0.1, 0.15) is 12.7 Å². The zero-order valence-corrected chi connectivity index (χ0v) is 10.0. The van der Waals surface area contributed by atoms with Crippen LogP contribution < -0.4 is 17.0 Å². The lowest BCUT2D eigenvalue weighted by molar-refractivity contribution is -0.689. The largest absolute Gasteiger partial charge is 1.00 e. The highest BCUT2D eigenvalue weighted by molar-refractivity contribution is 5.67. The summed E-state index contributed by atoms with van der Waals surface area (Å²) in [5, 5.41) is 0. The van der Waals surface area contributed by atoms with E-state index in [4.69, 9.17) is 0 Å². The van der Waals surface area contributed by atoms with Gasteiger partial charge in [0, 0.05) is 0 Å². The molecule has 88 valence electrons. The number of aromatic nitrogens is 2. The fourth-order valence-corrected chi connectivity index (χ4v) is 1.65. The van der Waals surface area contributed by atoms with Crippen LogP contribution in [0.3, 0.4) is 0 Å². The lowest BCUT2D eigenvalue weighted by Crippen LogP contribution is -3.00. The van der Waals surface area contributed by atoms with Crippen LogP contribution in [-0.4, -0.2) is 11.3 Å². The highest BCUT2D eigenvalue weighted by Gasteiger charge is 2.14. The second kappa shape index (κ2) is 6.01. The Morgan fingerprint density at radius 2 is 2.00 bits per heavy atom. The minimum atomic E-state index is 0. The number of nitrogens with one attached hydrogen (secondary N) is 1. The molecule has 0 aliphatic heterocycles. The van der Waals surface area contributed by atoms with E-state index in [0.29, 0.717) is 12.4 Å². The molecular weight excluding hydrogens is 236 g/mol. The molecule has 1 aromatic heterocycles. The van der Waals surface area contributed by atoms with Crippen LogP contribution in [0.5, 0.6) is 0 Å². The van der Waals surface area contributed by atoms with Gasteiger partial charge in [-0.25, -0.2) is 9.55 Å². The number of halogens is 1. The Labute approximate surface area is 106 Å². The van der Waals surface area contributed by atoms with E-state index in [1.165, 1.54) is 0 Å². The van der Waals surface area contributed by atoms with Gasteiger partial charge in [0.2, 0.25) is 6.29 Å². The van der Waals surface area contributed by atoms with E-state index >= 15 is 0 Å². The molecule has 0 bridgehead atoms. The number of carbonyl (C=O) groups excluding carboxylic acids is 1. The standard InChI is InChI=1S/C13H12N2O.ClH/c1-2-12-8-14-13(10-16)15(12)9-11-6-4-3-5-7-11;/h2-8,10H,1,9H2;1H. The third-order valence-electron chi connectivity index (χ3n) is 2.47. The van der Waals surface area contributed by atoms with Crippen LogP contribution in [0.1, 0.15) is 21.9 Å². The van der Waals surface area contributed by atoms with Crippen molar-refractivity contribution in [2.75, 3.05) is 0 Å². The molecule has 0 saturated carbocycles. The highest BCUT2D eigenvalue weighted by Crippen LogP contribution is 2.01. The summed E-state index contributed by atoms with van der Waals surface area (Å²) in [5.41, 5.74) is 2.06. The third kappa shape index (κ3) is 2.82. The summed E-state index contributed by atoms with van der Waals surface area (Å²) in [7, 11) is 0. The normalized spacial score (nSPS) is 9.41. The number of aldehydes is 1. The van der Waals surface area contributed by atoms with Crippen molar-refractivity contribution in [3.05, 3.63) is 60.2 Å². The number of hydrogen-bond acceptors (Lipinski definition) is 1. The molecule has 0 unspecified atom stereocenters. The quantitative estimate of drug-likeness (QED) is 0.536. The molecule has 1 aromatic carbocycles. The summed E-state index contributed by atoms with van der Waals surface area (Å²) >= 11 is 0. The summed E-state index contributed by atoms with van der Waals surface area (Å²) in [6.07, 6.45) is 4.32. The SMILES string of the molecule is C=Cc1c[nH]c(C=O)[n+]1Cc1ccccc1.[Cl-]. The molecule has 2 rings (SSSR count). The van der Waals surface area contributed by atoms with Crippen molar-refractivity contribution in [2.24, 2.45) is 0 Å². The van der Waals surface area contributed by atoms with Crippen molar-refractivity contribution in [1.29, 1.82) is 0 Å². The van der Waals surface area contributed by atoms with E-state index < -0.39 is 0 Å². The second-order valence-electron chi connectivity index (χ2n) is 3.49. The van der Waals surface area contributed by atoms with E-state index in [9.17, 15) is 4.79 Å². The minimum absolute atomic E-state index is 0. The molecule has 0 saturated heterocycles. The number of nitrogens with zero attached hydrogens (tertiary/aromatic N) is 1. The lowest BCUT2D eigenvalue weighted by atomic mass is 10.2. The molecule has 0 amide bonds. The van der Waals surface area contributed by atoms with Crippen molar-refractivity contribution in [3.8, 4) is 0 Å². The summed E-state index contributed by atoms with van der Waals surface area (Å²) in [6.45, 7) is 4.39. The first kappa shape index (κ1) is 13.2. The fourth-order valence-electron chi connectivity index (χ4n) is 1.65. The Morgan fingerprint density at radius 1 is 1.29 bits per heavy atom. The number of imidazole rings is 1. The first-order chi connectivity index (χ1) is 7.85. The molecule has 3 nitrogen and oxygen atoms in total. The van der Waals surface area contributed by atoms with Crippen LogP contribution in [0.4, 0.5) is 0 Å². The number of H-pyrrole nitrogens is 1.